The molecule has 84 valence electrons. The minimum Gasteiger partial charge on any atom is -0.461 e. The number of aryl methyl sites for hydroxylation is 1. The third-order valence-electron chi connectivity index (χ3n) is 2.34. The molecule has 0 amide bonds. The predicted octanol–water partition coefficient (Wildman–Crippen LogP) is 2.21. The summed E-state index contributed by atoms with van der Waals surface area (Å²) in [7, 11) is 0. The monoisotopic (exact) mass is 218 g/mol. The molecule has 2 rings (SSSR count). The Kier molecular flexibility index (Phi) is 2.90. The largest absolute Gasteiger partial charge is 0.461 e. The van der Waals surface area contributed by atoms with E-state index in [0.717, 1.165) is 17.8 Å². The molecule has 4 nitrogen and oxygen atoms in total. The summed E-state index contributed by atoms with van der Waals surface area (Å²) >= 11 is 0. The molecule has 0 bridgehead atoms. The van der Waals surface area contributed by atoms with Gasteiger partial charge < -0.3 is 9.14 Å². The second kappa shape index (κ2) is 4.35. The van der Waals surface area contributed by atoms with Crippen molar-refractivity contribution in [3.05, 3.63) is 35.8 Å². The van der Waals surface area contributed by atoms with Gasteiger partial charge in [-0.3, -0.25) is 0 Å². The van der Waals surface area contributed by atoms with Crippen molar-refractivity contribution in [3.8, 4) is 0 Å². The number of carbonyl (C=O) groups excluding carboxylic acids is 1. The van der Waals surface area contributed by atoms with Gasteiger partial charge in [0.05, 0.1) is 6.61 Å². The summed E-state index contributed by atoms with van der Waals surface area (Å²) in [5.41, 5.74) is 2.17. The third-order valence-corrected chi connectivity index (χ3v) is 2.34. The molecule has 2 heterocycles. The highest BCUT2D eigenvalue weighted by Crippen LogP contribution is 2.09. The number of fused-ring (bicyclic) bond motifs is 1. The molecule has 4 heteroatoms. The summed E-state index contributed by atoms with van der Waals surface area (Å²) in [6, 6.07) is 5.75. The Labute approximate surface area is 93.9 Å². The van der Waals surface area contributed by atoms with Crippen LogP contribution < -0.4 is 0 Å². The van der Waals surface area contributed by atoms with Gasteiger partial charge in [-0.25, -0.2) is 9.78 Å². The summed E-state index contributed by atoms with van der Waals surface area (Å²) in [5, 5.41) is 0. The number of nitrogens with zero attached hydrogens (tertiary/aromatic N) is 2. The molecule has 0 aliphatic heterocycles. The van der Waals surface area contributed by atoms with E-state index < -0.39 is 0 Å². The van der Waals surface area contributed by atoms with E-state index in [0.29, 0.717) is 12.3 Å². The number of carbonyl (C=O) groups is 1. The van der Waals surface area contributed by atoms with E-state index in [-0.39, 0.29) is 5.97 Å². The average molecular weight is 218 g/mol. The fourth-order valence-corrected chi connectivity index (χ4v) is 1.52. The molecule has 0 aromatic carbocycles. The number of imidazole rings is 1. The van der Waals surface area contributed by atoms with E-state index in [1.807, 2.05) is 36.4 Å². The minimum atomic E-state index is -0.357. The highest BCUT2D eigenvalue weighted by Gasteiger charge is 2.12. The maximum Gasteiger partial charge on any atom is 0.358 e. The van der Waals surface area contributed by atoms with Gasteiger partial charge in [0.1, 0.15) is 5.65 Å². The van der Waals surface area contributed by atoms with Crippen molar-refractivity contribution in [1.82, 2.24) is 9.38 Å². The first-order valence-corrected chi connectivity index (χ1v) is 5.34. The molecule has 0 radical (unpaired) electrons. The molecule has 0 saturated heterocycles. The van der Waals surface area contributed by atoms with Crippen molar-refractivity contribution in [2.45, 2.75) is 20.3 Å². The summed E-state index contributed by atoms with van der Waals surface area (Å²) < 4.78 is 6.91. The number of esters is 1. The highest BCUT2D eigenvalue weighted by atomic mass is 16.5. The van der Waals surface area contributed by atoms with Gasteiger partial charge in [-0.1, -0.05) is 13.0 Å². The molecule has 0 saturated carbocycles. The lowest BCUT2D eigenvalue weighted by Crippen LogP contribution is -2.05. The van der Waals surface area contributed by atoms with Crippen molar-refractivity contribution in [3.63, 3.8) is 0 Å². The topological polar surface area (TPSA) is 43.6 Å². The van der Waals surface area contributed by atoms with Crippen molar-refractivity contribution in [2.75, 3.05) is 6.61 Å². The molecule has 0 unspecified atom stereocenters. The highest BCUT2D eigenvalue weighted by molar-refractivity contribution is 5.88. The first kappa shape index (κ1) is 10.7. The van der Waals surface area contributed by atoms with Crippen LogP contribution in [0.5, 0.6) is 0 Å². The SMILES string of the molecule is CCCOC(=O)c1cn2c(C)cccc2n1. The molecule has 16 heavy (non-hydrogen) atoms. The van der Waals surface area contributed by atoms with Crippen LogP contribution in [0.15, 0.2) is 24.4 Å². The Morgan fingerprint density at radius 2 is 2.31 bits per heavy atom. The Morgan fingerprint density at radius 1 is 1.50 bits per heavy atom. The van der Waals surface area contributed by atoms with Gasteiger partial charge in [-0.15, -0.1) is 0 Å². The van der Waals surface area contributed by atoms with Crippen molar-refractivity contribution in [2.24, 2.45) is 0 Å². The number of ether oxygens (including phenoxy) is 1. The van der Waals surface area contributed by atoms with E-state index in [1.54, 1.807) is 6.20 Å². The molecule has 0 aliphatic rings. The lowest BCUT2D eigenvalue weighted by Gasteiger charge is -1.98. The van der Waals surface area contributed by atoms with E-state index in [4.69, 9.17) is 4.74 Å². The lowest BCUT2D eigenvalue weighted by molar-refractivity contribution is 0.0499. The van der Waals surface area contributed by atoms with Crippen LogP contribution in [0.1, 0.15) is 29.5 Å². The summed E-state index contributed by atoms with van der Waals surface area (Å²) in [5.74, 6) is -0.357. The molecule has 0 N–H and O–H groups in total. The standard InChI is InChI=1S/C12H14N2O2/c1-3-7-16-12(15)10-8-14-9(2)5-4-6-11(14)13-10/h4-6,8H,3,7H2,1-2H3. The number of hydrogen-bond donors (Lipinski definition) is 0. The molecule has 0 atom stereocenters. The fraction of sp³-hybridized carbons (Fsp3) is 0.333. The second-order valence-corrected chi connectivity index (χ2v) is 3.66. The summed E-state index contributed by atoms with van der Waals surface area (Å²) in [6.45, 7) is 4.36. The molecule has 0 spiro atoms. The van der Waals surface area contributed by atoms with Crippen LogP contribution in [0.2, 0.25) is 0 Å². The van der Waals surface area contributed by atoms with E-state index in [9.17, 15) is 4.79 Å². The molecule has 2 aromatic heterocycles. The van der Waals surface area contributed by atoms with Gasteiger partial charge in [-0.2, -0.15) is 0 Å². The van der Waals surface area contributed by atoms with Crippen LogP contribution >= 0.6 is 0 Å². The first-order chi connectivity index (χ1) is 7.72. The zero-order chi connectivity index (χ0) is 11.5. The lowest BCUT2D eigenvalue weighted by atomic mass is 10.4. The Hall–Kier alpha value is -1.84. The van der Waals surface area contributed by atoms with Gasteiger partial charge in [0.25, 0.3) is 0 Å². The van der Waals surface area contributed by atoms with Crippen molar-refractivity contribution >= 4 is 11.6 Å². The molecule has 0 fully saturated rings. The molecule has 2 aromatic rings. The van der Waals surface area contributed by atoms with E-state index in [2.05, 4.69) is 4.98 Å². The minimum absolute atomic E-state index is 0.357. The quantitative estimate of drug-likeness (QED) is 0.742. The first-order valence-electron chi connectivity index (χ1n) is 5.34. The van der Waals surface area contributed by atoms with Gasteiger partial charge in [0, 0.05) is 11.9 Å². The normalized spacial score (nSPS) is 10.6. The van der Waals surface area contributed by atoms with Crippen molar-refractivity contribution < 1.29 is 9.53 Å². The number of hydrogen-bond acceptors (Lipinski definition) is 3. The summed E-state index contributed by atoms with van der Waals surface area (Å²) in [4.78, 5) is 15.8. The van der Waals surface area contributed by atoms with Crippen LogP contribution in [0.4, 0.5) is 0 Å². The Morgan fingerprint density at radius 3 is 3.00 bits per heavy atom. The summed E-state index contributed by atoms with van der Waals surface area (Å²) in [6.07, 6.45) is 2.53. The number of rotatable bonds is 3. The van der Waals surface area contributed by atoms with Crippen LogP contribution in [0, 0.1) is 6.92 Å². The van der Waals surface area contributed by atoms with E-state index >= 15 is 0 Å². The van der Waals surface area contributed by atoms with E-state index in [1.165, 1.54) is 0 Å². The molecular weight excluding hydrogens is 204 g/mol. The maximum atomic E-state index is 11.6. The Balaban J connectivity index is 2.32. The van der Waals surface area contributed by atoms with Crippen LogP contribution in [0.3, 0.4) is 0 Å². The number of aromatic nitrogens is 2. The average Bonchev–Trinajstić information content (AvgIpc) is 2.71. The van der Waals surface area contributed by atoms with Gasteiger partial charge >= 0.3 is 5.97 Å². The molecular formula is C12H14N2O2. The van der Waals surface area contributed by atoms with Gasteiger partial charge in [0.15, 0.2) is 5.69 Å². The zero-order valence-electron chi connectivity index (χ0n) is 9.43. The van der Waals surface area contributed by atoms with Crippen LogP contribution in [0.25, 0.3) is 5.65 Å². The fourth-order valence-electron chi connectivity index (χ4n) is 1.52. The predicted molar refractivity (Wildman–Crippen MR) is 60.5 cm³/mol. The third kappa shape index (κ3) is 1.91. The van der Waals surface area contributed by atoms with Gasteiger partial charge in [0.2, 0.25) is 0 Å². The van der Waals surface area contributed by atoms with Gasteiger partial charge in [-0.05, 0) is 25.5 Å². The smallest absolute Gasteiger partial charge is 0.358 e. The maximum absolute atomic E-state index is 11.6. The van der Waals surface area contributed by atoms with Crippen LogP contribution in [-0.4, -0.2) is 22.0 Å². The number of pyridine rings is 1. The second-order valence-electron chi connectivity index (χ2n) is 3.66. The van der Waals surface area contributed by atoms with Crippen molar-refractivity contribution in [1.29, 1.82) is 0 Å². The molecule has 0 aliphatic carbocycles. The zero-order valence-corrected chi connectivity index (χ0v) is 9.43. The Bertz CT molecular complexity index is 517. The van der Waals surface area contributed by atoms with Crippen LogP contribution in [-0.2, 0) is 4.74 Å².